The maximum Gasteiger partial charge on any atom is 0.156 e. The second-order valence-electron chi connectivity index (χ2n) is 5.39. The zero-order valence-electron chi connectivity index (χ0n) is 12.9. The van der Waals surface area contributed by atoms with Gasteiger partial charge in [-0.1, -0.05) is 13.8 Å². The number of rotatable bonds is 4. The topological polar surface area (TPSA) is 63.7 Å². The summed E-state index contributed by atoms with van der Waals surface area (Å²) in [4.78, 5) is 16.3. The van der Waals surface area contributed by atoms with Crippen molar-refractivity contribution in [3.05, 3.63) is 48.7 Å². The number of methoxy groups -OCH3 is 1. The number of H-pyrrole nitrogens is 1. The Labute approximate surface area is 129 Å². The molecule has 0 atom stereocenters. The Balaban J connectivity index is 1.98. The van der Waals surface area contributed by atoms with Crippen molar-refractivity contribution in [2.24, 2.45) is 0 Å². The Morgan fingerprint density at radius 2 is 1.91 bits per heavy atom. The zero-order chi connectivity index (χ0) is 15.5. The van der Waals surface area contributed by atoms with Crippen molar-refractivity contribution in [2.45, 2.75) is 19.8 Å². The molecule has 0 amide bonds. The highest BCUT2D eigenvalue weighted by Crippen LogP contribution is 2.25. The molecule has 0 radical (unpaired) electrons. The summed E-state index contributed by atoms with van der Waals surface area (Å²) in [6.45, 7) is 4.26. The monoisotopic (exact) mass is 294 g/mol. The van der Waals surface area contributed by atoms with Gasteiger partial charge in [-0.3, -0.25) is 9.97 Å². The molecular formula is C17H18N4O. The molecule has 5 heteroatoms. The van der Waals surface area contributed by atoms with Crippen LogP contribution in [0.3, 0.4) is 0 Å². The Morgan fingerprint density at radius 1 is 1.05 bits per heavy atom. The number of pyridine rings is 2. The lowest BCUT2D eigenvalue weighted by Gasteiger charge is -2.05. The molecule has 0 unspecified atom stereocenters. The van der Waals surface area contributed by atoms with E-state index in [0.717, 1.165) is 34.1 Å². The van der Waals surface area contributed by atoms with Crippen molar-refractivity contribution in [3.63, 3.8) is 0 Å². The Morgan fingerprint density at radius 3 is 2.64 bits per heavy atom. The predicted molar refractivity (Wildman–Crippen MR) is 85.7 cm³/mol. The molecule has 0 spiro atoms. The number of hydrogen-bond donors (Lipinski definition) is 1. The first-order valence-corrected chi connectivity index (χ1v) is 7.18. The van der Waals surface area contributed by atoms with Gasteiger partial charge in [0, 0.05) is 29.8 Å². The molecule has 0 aromatic carbocycles. The van der Waals surface area contributed by atoms with Gasteiger partial charge in [0.1, 0.15) is 11.4 Å². The molecule has 0 aliphatic carbocycles. The van der Waals surface area contributed by atoms with Gasteiger partial charge in [-0.25, -0.2) is 4.98 Å². The Hall–Kier alpha value is -2.69. The summed E-state index contributed by atoms with van der Waals surface area (Å²) in [6.07, 6.45) is 7.14. The Kier molecular flexibility index (Phi) is 3.87. The average molecular weight is 294 g/mol. The summed E-state index contributed by atoms with van der Waals surface area (Å²) < 4.78 is 5.22. The lowest BCUT2D eigenvalue weighted by atomic mass is 10.1. The lowest BCUT2D eigenvalue weighted by molar-refractivity contribution is 0.413. The van der Waals surface area contributed by atoms with E-state index >= 15 is 0 Å². The first-order valence-electron chi connectivity index (χ1n) is 7.18. The number of hydrogen-bond acceptors (Lipinski definition) is 4. The van der Waals surface area contributed by atoms with Gasteiger partial charge >= 0.3 is 0 Å². The van der Waals surface area contributed by atoms with E-state index in [4.69, 9.17) is 4.74 Å². The van der Waals surface area contributed by atoms with E-state index in [9.17, 15) is 0 Å². The minimum Gasteiger partial charge on any atom is -0.495 e. The van der Waals surface area contributed by atoms with E-state index in [1.54, 1.807) is 19.5 Å². The molecule has 0 bridgehead atoms. The molecule has 1 N–H and O–H groups in total. The molecule has 3 rings (SSSR count). The van der Waals surface area contributed by atoms with Crippen LogP contribution in [-0.2, 0) is 0 Å². The van der Waals surface area contributed by atoms with Crippen molar-refractivity contribution in [3.8, 4) is 28.4 Å². The second-order valence-corrected chi connectivity index (χ2v) is 5.39. The third-order valence-electron chi connectivity index (χ3n) is 3.50. The quantitative estimate of drug-likeness (QED) is 0.797. The van der Waals surface area contributed by atoms with E-state index in [-0.39, 0.29) is 0 Å². The number of aromatic nitrogens is 4. The zero-order valence-corrected chi connectivity index (χ0v) is 12.9. The molecule has 112 valence electrons. The van der Waals surface area contributed by atoms with Gasteiger partial charge in [0.05, 0.1) is 13.3 Å². The number of ether oxygens (including phenoxy) is 1. The molecule has 0 aliphatic heterocycles. The van der Waals surface area contributed by atoms with Gasteiger partial charge in [-0.2, -0.15) is 0 Å². The normalized spacial score (nSPS) is 10.9. The first-order chi connectivity index (χ1) is 10.7. The van der Waals surface area contributed by atoms with Crippen LogP contribution in [-0.4, -0.2) is 27.0 Å². The third-order valence-corrected chi connectivity index (χ3v) is 3.50. The van der Waals surface area contributed by atoms with Gasteiger partial charge in [0.25, 0.3) is 0 Å². The first kappa shape index (κ1) is 14.3. The molecule has 0 fully saturated rings. The van der Waals surface area contributed by atoms with Crippen molar-refractivity contribution in [2.75, 3.05) is 7.11 Å². The predicted octanol–water partition coefficient (Wildman–Crippen LogP) is 3.67. The maximum absolute atomic E-state index is 5.22. The summed E-state index contributed by atoms with van der Waals surface area (Å²) in [6, 6.07) is 5.90. The van der Waals surface area contributed by atoms with Crippen LogP contribution in [0.5, 0.6) is 5.75 Å². The van der Waals surface area contributed by atoms with Crippen LogP contribution in [0, 0.1) is 0 Å². The highest BCUT2D eigenvalue weighted by molar-refractivity contribution is 5.68. The third kappa shape index (κ3) is 2.83. The standard InChI is InChI=1S/C17H18N4O/c1-11(2)16-10-20-17(21-16)15-7-12(4-5-19-15)13-6-14(22-3)9-18-8-13/h4-11H,1-3H3,(H,20,21). The molecule has 3 aromatic rings. The highest BCUT2D eigenvalue weighted by atomic mass is 16.5. The van der Waals surface area contributed by atoms with Crippen LogP contribution < -0.4 is 4.74 Å². The molecule has 22 heavy (non-hydrogen) atoms. The summed E-state index contributed by atoms with van der Waals surface area (Å²) in [5.41, 5.74) is 3.93. The van der Waals surface area contributed by atoms with Crippen molar-refractivity contribution in [1.82, 2.24) is 19.9 Å². The van der Waals surface area contributed by atoms with Crippen molar-refractivity contribution >= 4 is 0 Å². The fourth-order valence-electron chi connectivity index (χ4n) is 2.19. The Bertz CT molecular complexity index is 780. The fourth-order valence-corrected chi connectivity index (χ4v) is 2.19. The summed E-state index contributed by atoms with van der Waals surface area (Å²) in [5, 5.41) is 0. The number of nitrogens with zero attached hydrogens (tertiary/aromatic N) is 3. The van der Waals surface area contributed by atoms with Crippen LogP contribution in [0.25, 0.3) is 22.6 Å². The van der Waals surface area contributed by atoms with E-state index in [1.807, 2.05) is 30.6 Å². The summed E-state index contributed by atoms with van der Waals surface area (Å²) in [5.74, 6) is 1.92. The molecule has 5 nitrogen and oxygen atoms in total. The van der Waals surface area contributed by atoms with Gasteiger partial charge < -0.3 is 9.72 Å². The van der Waals surface area contributed by atoms with Gasteiger partial charge in [0.15, 0.2) is 5.82 Å². The molecule has 0 saturated carbocycles. The van der Waals surface area contributed by atoms with Crippen LogP contribution >= 0.6 is 0 Å². The summed E-state index contributed by atoms with van der Waals surface area (Å²) in [7, 11) is 1.63. The maximum atomic E-state index is 5.22. The second kappa shape index (κ2) is 5.97. The summed E-state index contributed by atoms with van der Waals surface area (Å²) >= 11 is 0. The minimum atomic E-state index is 0.409. The highest BCUT2D eigenvalue weighted by Gasteiger charge is 2.09. The molecular weight excluding hydrogens is 276 g/mol. The average Bonchev–Trinajstić information content (AvgIpc) is 3.05. The van der Waals surface area contributed by atoms with Crippen molar-refractivity contribution < 1.29 is 4.74 Å². The van der Waals surface area contributed by atoms with Crippen LogP contribution in [0.2, 0.25) is 0 Å². The van der Waals surface area contributed by atoms with Crippen LogP contribution in [0.15, 0.2) is 43.0 Å². The van der Waals surface area contributed by atoms with Gasteiger partial charge in [-0.05, 0) is 29.7 Å². The van der Waals surface area contributed by atoms with E-state index in [0.29, 0.717) is 5.92 Å². The largest absolute Gasteiger partial charge is 0.495 e. The molecule has 3 heterocycles. The van der Waals surface area contributed by atoms with Gasteiger partial charge in [-0.15, -0.1) is 0 Å². The van der Waals surface area contributed by atoms with Crippen LogP contribution in [0.4, 0.5) is 0 Å². The lowest BCUT2D eigenvalue weighted by Crippen LogP contribution is -1.90. The van der Waals surface area contributed by atoms with E-state index in [2.05, 4.69) is 33.8 Å². The van der Waals surface area contributed by atoms with Crippen molar-refractivity contribution in [1.29, 1.82) is 0 Å². The minimum absolute atomic E-state index is 0.409. The smallest absolute Gasteiger partial charge is 0.156 e. The van der Waals surface area contributed by atoms with E-state index < -0.39 is 0 Å². The molecule has 0 aliphatic rings. The van der Waals surface area contributed by atoms with Crippen LogP contribution in [0.1, 0.15) is 25.5 Å². The van der Waals surface area contributed by atoms with E-state index in [1.165, 1.54) is 0 Å². The SMILES string of the molecule is COc1cncc(-c2ccnc(-c3ncc(C(C)C)[nH]3)c2)c1. The number of aromatic amines is 1. The molecule has 3 aromatic heterocycles. The fraction of sp³-hybridized carbons (Fsp3) is 0.235. The number of imidazole rings is 1. The van der Waals surface area contributed by atoms with Gasteiger partial charge in [0.2, 0.25) is 0 Å². The molecule has 0 saturated heterocycles. The number of nitrogens with one attached hydrogen (secondary N) is 1.